The van der Waals surface area contributed by atoms with Crippen molar-refractivity contribution in [2.45, 2.75) is 147 Å². The third-order valence-corrected chi connectivity index (χ3v) is 12.8. The van der Waals surface area contributed by atoms with Crippen LogP contribution in [0.4, 0.5) is 0 Å². The molecule has 4 aliphatic carbocycles. The average Bonchev–Trinajstić information content (AvgIpc) is 3.18. The SMILES string of the molecule is CC(C)[C@H](CC[C@@H](C)[C@H]1C[C@@H](O)[C@H]2[C@]1(C)CC[C@H]1[C@@]3(C)CC[C@H](O)C[C@@H]3[C@@H](O)C[C@]12O)O[C@H]1OC[C@@H](O)[C@@H](O)[C@@H]1O. The summed E-state index contributed by atoms with van der Waals surface area (Å²) in [7, 11) is 0. The molecule has 0 spiro atoms. The van der Waals surface area contributed by atoms with Gasteiger partial charge in [-0.2, -0.15) is 0 Å². The first-order chi connectivity index (χ1) is 19.1. The molecule has 0 unspecified atom stereocenters. The molecular weight excluding hydrogens is 528 g/mol. The van der Waals surface area contributed by atoms with Gasteiger partial charge in [0.1, 0.15) is 18.3 Å². The lowest BCUT2D eigenvalue weighted by Gasteiger charge is -2.66. The number of aliphatic hydroxyl groups is 7. The van der Waals surface area contributed by atoms with Crippen LogP contribution in [0.3, 0.4) is 0 Å². The van der Waals surface area contributed by atoms with Gasteiger partial charge in [-0.05, 0) is 91.8 Å². The molecule has 5 fully saturated rings. The Hall–Kier alpha value is -0.360. The molecule has 238 valence electrons. The normalized spacial score (nSPS) is 53.3. The van der Waals surface area contributed by atoms with Crippen LogP contribution in [0.25, 0.3) is 0 Å². The number of aliphatic hydroxyl groups excluding tert-OH is 6. The van der Waals surface area contributed by atoms with Crippen LogP contribution in [0.1, 0.15) is 92.4 Å². The number of fused-ring (bicyclic) bond motifs is 5. The minimum Gasteiger partial charge on any atom is -0.393 e. The molecule has 0 aromatic heterocycles. The van der Waals surface area contributed by atoms with Crippen molar-refractivity contribution in [1.29, 1.82) is 0 Å². The van der Waals surface area contributed by atoms with Gasteiger partial charge in [0, 0.05) is 12.3 Å². The van der Waals surface area contributed by atoms with E-state index in [1.807, 2.05) is 0 Å². The van der Waals surface area contributed by atoms with Gasteiger partial charge in [-0.3, -0.25) is 0 Å². The molecule has 7 N–H and O–H groups in total. The first kappa shape index (κ1) is 32.0. The van der Waals surface area contributed by atoms with Crippen LogP contribution < -0.4 is 0 Å². The van der Waals surface area contributed by atoms with Crippen LogP contribution in [-0.4, -0.2) is 97.0 Å². The lowest BCUT2D eigenvalue weighted by atomic mass is 9.42. The molecule has 16 atom stereocenters. The number of hydrogen-bond donors (Lipinski definition) is 7. The Balaban J connectivity index is 1.29. The second-order valence-electron chi connectivity index (χ2n) is 15.5. The highest BCUT2D eigenvalue weighted by Gasteiger charge is 2.70. The van der Waals surface area contributed by atoms with Gasteiger partial charge in [0.25, 0.3) is 0 Å². The topological polar surface area (TPSA) is 160 Å². The molecule has 1 aliphatic heterocycles. The molecule has 1 saturated heterocycles. The summed E-state index contributed by atoms with van der Waals surface area (Å²) in [6.07, 6.45) is -0.461. The van der Waals surface area contributed by atoms with Crippen molar-refractivity contribution in [1.82, 2.24) is 0 Å². The molecule has 9 heteroatoms. The number of rotatable bonds is 7. The largest absolute Gasteiger partial charge is 0.393 e. The maximum Gasteiger partial charge on any atom is 0.186 e. The second-order valence-corrected chi connectivity index (χ2v) is 15.5. The first-order valence-electron chi connectivity index (χ1n) is 16.2. The van der Waals surface area contributed by atoms with Crippen LogP contribution in [0.15, 0.2) is 0 Å². The highest BCUT2D eigenvalue weighted by atomic mass is 16.7. The summed E-state index contributed by atoms with van der Waals surface area (Å²) in [5, 5.41) is 76.0. The zero-order valence-corrected chi connectivity index (χ0v) is 25.6. The van der Waals surface area contributed by atoms with E-state index in [-0.39, 0.29) is 65.5 Å². The van der Waals surface area contributed by atoms with Crippen molar-refractivity contribution < 1.29 is 45.2 Å². The lowest BCUT2D eigenvalue weighted by Crippen LogP contribution is -2.68. The van der Waals surface area contributed by atoms with Crippen molar-refractivity contribution >= 4 is 0 Å². The Morgan fingerprint density at radius 1 is 0.829 bits per heavy atom. The van der Waals surface area contributed by atoms with E-state index in [2.05, 4.69) is 34.6 Å². The first-order valence-corrected chi connectivity index (χ1v) is 16.2. The van der Waals surface area contributed by atoms with Crippen LogP contribution in [-0.2, 0) is 9.47 Å². The summed E-state index contributed by atoms with van der Waals surface area (Å²) in [6, 6.07) is 0. The number of hydrogen-bond acceptors (Lipinski definition) is 9. The molecule has 5 aliphatic rings. The highest BCUT2D eigenvalue weighted by Crippen LogP contribution is 2.69. The fraction of sp³-hybridized carbons (Fsp3) is 1.00. The van der Waals surface area contributed by atoms with Gasteiger partial charge in [-0.25, -0.2) is 0 Å². The minimum absolute atomic E-state index is 0.00723. The Morgan fingerprint density at radius 3 is 2.20 bits per heavy atom. The molecule has 9 nitrogen and oxygen atoms in total. The summed E-state index contributed by atoms with van der Waals surface area (Å²) < 4.78 is 11.6. The standard InChI is InChI=1S/C32H56O9/c1-16(2)24(41-29-27(38)26(37)23(36)15-40-29)7-6-17(3)19-13-21(34)28-31(19,5)11-9-25-30(4)10-8-18(33)12-20(30)22(35)14-32(25,28)39/h16-29,33-39H,6-15H2,1-5H3/t17-,18+,19-,20-,21-,22+,23-,24+,25+,26-,27+,28+,29-,30+,31-,32+/m1/s1. The van der Waals surface area contributed by atoms with E-state index in [0.717, 1.165) is 25.7 Å². The molecule has 0 amide bonds. The molecular formula is C32H56O9. The Morgan fingerprint density at radius 2 is 1.51 bits per heavy atom. The van der Waals surface area contributed by atoms with Crippen LogP contribution in [0.5, 0.6) is 0 Å². The smallest absolute Gasteiger partial charge is 0.186 e. The lowest BCUT2D eigenvalue weighted by molar-refractivity contribution is -0.287. The van der Waals surface area contributed by atoms with E-state index in [9.17, 15) is 35.7 Å². The zero-order chi connectivity index (χ0) is 30.1. The van der Waals surface area contributed by atoms with E-state index in [0.29, 0.717) is 25.7 Å². The van der Waals surface area contributed by atoms with E-state index in [4.69, 9.17) is 9.47 Å². The molecule has 0 bridgehead atoms. The fourth-order valence-electron chi connectivity index (χ4n) is 10.7. The van der Waals surface area contributed by atoms with Gasteiger partial charge >= 0.3 is 0 Å². The van der Waals surface area contributed by atoms with Gasteiger partial charge in [-0.1, -0.05) is 34.6 Å². The maximum absolute atomic E-state index is 12.5. The van der Waals surface area contributed by atoms with Crippen LogP contribution in [0, 0.1) is 46.3 Å². The molecule has 4 saturated carbocycles. The summed E-state index contributed by atoms with van der Waals surface area (Å²) in [4.78, 5) is 0. The number of ether oxygens (including phenoxy) is 2. The Labute approximate surface area is 245 Å². The second kappa shape index (κ2) is 11.5. The van der Waals surface area contributed by atoms with Gasteiger partial charge in [0.15, 0.2) is 6.29 Å². The summed E-state index contributed by atoms with van der Waals surface area (Å²) >= 11 is 0. The molecule has 1 heterocycles. The Bertz CT molecular complexity index is 918. The Kier molecular flexibility index (Phi) is 9.01. The summed E-state index contributed by atoms with van der Waals surface area (Å²) in [6.45, 7) is 10.7. The molecule has 0 radical (unpaired) electrons. The van der Waals surface area contributed by atoms with Crippen molar-refractivity contribution in [3.8, 4) is 0 Å². The zero-order valence-electron chi connectivity index (χ0n) is 25.6. The molecule has 0 aromatic rings. The fourth-order valence-corrected chi connectivity index (χ4v) is 10.7. The van der Waals surface area contributed by atoms with Crippen molar-refractivity contribution in [3.63, 3.8) is 0 Å². The van der Waals surface area contributed by atoms with E-state index in [1.54, 1.807) is 0 Å². The van der Waals surface area contributed by atoms with Crippen LogP contribution >= 0.6 is 0 Å². The average molecular weight is 585 g/mol. The van der Waals surface area contributed by atoms with Gasteiger partial charge in [-0.15, -0.1) is 0 Å². The van der Waals surface area contributed by atoms with Gasteiger partial charge < -0.3 is 45.2 Å². The van der Waals surface area contributed by atoms with Crippen molar-refractivity contribution in [2.24, 2.45) is 46.3 Å². The van der Waals surface area contributed by atoms with Crippen LogP contribution in [0.2, 0.25) is 0 Å². The van der Waals surface area contributed by atoms with E-state index >= 15 is 0 Å². The predicted molar refractivity (Wildman–Crippen MR) is 151 cm³/mol. The summed E-state index contributed by atoms with van der Waals surface area (Å²) in [5.41, 5.74) is -1.66. The summed E-state index contributed by atoms with van der Waals surface area (Å²) in [5.74, 6) is 0.240. The van der Waals surface area contributed by atoms with E-state index in [1.165, 1.54) is 0 Å². The van der Waals surface area contributed by atoms with Gasteiger partial charge in [0.05, 0.1) is 36.6 Å². The molecule has 5 rings (SSSR count). The third kappa shape index (κ3) is 5.33. The van der Waals surface area contributed by atoms with E-state index < -0.39 is 48.5 Å². The maximum atomic E-state index is 12.5. The monoisotopic (exact) mass is 584 g/mol. The predicted octanol–water partition coefficient (Wildman–Crippen LogP) is 1.96. The molecule has 41 heavy (non-hydrogen) atoms. The van der Waals surface area contributed by atoms with Gasteiger partial charge in [0.2, 0.25) is 0 Å². The quantitative estimate of drug-likeness (QED) is 0.237. The third-order valence-electron chi connectivity index (χ3n) is 12.8. The van der Waals surface area contributed by atoms with Crippen molar-refractivity contribution in [3.05, 3.63) is 0 Å². The van der Waals surface area contributed by atoms with Crippen molar-refractivity contribution in [2.75, 3.05) is 6.61 Å². The highest BCUT2D eigenvalue weighted by molar-refractivity contribution is 5.20. The minimum atomic E-state index is -1.32. The molecule has 0 aromatic carbocycles.